The van der Waals surface area contributed by atoms with Crippen molar-refractivity contribution in [2.75, 3.05) is 52.8 Å². The van der Waals surface area contributed by atoms with Gasteiger partial charge in [-0.25, -0.2) is 4.79 Å². The van der Waals surface area contributed by atoms with E-state index in [1.165, 1.54) is 51.4 Å². The van der Waals surface area contributed by atoms with Crippen LogP contribution in [0.4, 0.5) is 4.79 Å². The lowest BCUT2D eigenvalue weighted by Gasteiger charge is -2.58. The molecule has 0 bridgehead atoms. The summed E-state index contributed by atoms with van der Waals surface area (Å²) in [5.41, 5.74) is 2.32. The highest BCUT2D eigenvalue weighted by Crippen LogP contribution is 2.67. The van der Waals surface area contributed by atoms with Gasteiger partial charge in [-0.15, -0.1) is 9.42 Å². The maximum absolute atomic E-state index is 12.6. The van der Waals surface area contributed by atoms with Gasteiger partial charge in [0.05, 0.1) is 33.0 Å². The molecular formula is C37H65NO8P+. The molecule has 0 spiro atoms. The second-order valence-corrected chi connectivity index (χ2v) is 16.5. The number of hydrogen-bond donors (Lipinski definition) is 2. The second kappa shape index (κ2) is 18.8. The Kier molecular flexibility index (Phi) is 15.5. The van der Waals surface area contributed by atoms with Crippen LogP contribution in [0, 0.1) is 46.3 Å². The van der Waals surface area contributed by atoms with Gasteiger partial charge in [-0.1, -0.05) is 65.5 Å². The van der Waals surface area contributed by atoms with Crippen molar-refractivity contribution >= 4 is 14.3 Å². The van der Waals surface area contributed by atoms with E-state index in [-0.39, 0.29) is 30.8 Å². The van der Waals surface area contributed by atoms with Crippen LogP contribution in [0.3, 0.4) is 0 Å². The van der Waals surface area contributed by atoms with Crippen LogP contribution in [0.15, 0.2) is 11.6 Å². The summed E-state index contributed by atoms with van der Waals surface area (Å²) < 4.78 is 37.0. The minimum atomic E-state index is -2.57. The van der Waals surface area contributed by atoms with E-state index in [1.807, 2.05) is 0 Å². The second-order valence-electron chi connectivity index (χ2n) is 15.7. The minimum Gasteiger partial charge on any atom is -0.446 e. The van der Waals surface area contributed by atoms with Gasteiger partial charge < -0.3 is 24.3 Å². The number of rotatable bonds is 20. The maximum atomic E-state index is 12.6. The van der Waals surface area contributed by atoms with Crippen molar-refractivity contribution in [1.29, 1.82) is 0 Å². The lowest BCUT2D eigenvalue weighted by Crippen LogP contribution is -2.51. The van der Waals surface area contributed by atoms with E-state index >= 15 is 0 Å². The Labute approximate surface area is 285 Å². The molecule has 10 heteroatoms. The van der Waals surface area contributed by atoms with Crippen LogP contribution in [0.2, 0.25) is 0 Å². The van der Waals surface area contributed by atoms with E-state index < -0.39 is 8.25 Å². The molecule has 0 radical (unpaired) electrons. The number of amides is 1. The largest absolute Gasteiger partial charge is 0.694 e. The Bertz CT molecular complexity index is 1020. The van der Waals surface area contributed by atoms with Crippen molar-refractivity contribution < 1.29 is 37.7 Å². The Morgan fingerprint density at radius 2 is 1.62 bits per heavy atom. The number of nitrogens with one attached hydrogen (secondary N) is 1. The number of hydrogen-bond acceptors (Lipinski definition) is 7. The molecule has 2 N–H and O–H groups in total. The number of fused-ring (bicyclic) bond motifs is 5. The van der Waals surface area contributed by atoms with Gasteiger partial charge in [0.2, 0.25) is 0 Å². The maximum Gasteiger partial charge on any atom is 0.694 e. The number of allylic oxidation sites excluding steroid dienone is 1. The molecule has 0 aromatic carbocycles. The van der Waals surface area contributed by atoms with Gasteiger partial charge in [0, 0.05) is 24.1 Å². The Morgan fingerprint density at radius 3 is 2.32 bits per heavy atom. The number of carbonyl (C=O) groups excluding carboxylic acids is 1. The minimum absolute atomic E-state index is 0.0358. The first-order valence-electron chi connectivity index (χ1n) is 18.7. The molecule has 1 amide bonds. The van der Waals surface area contributed by atoms with Crippen molar-refractivity contribution in [1.82, 2.24) is 5.32 Å². The third kappa shape index (κ3) is 10.7. The Balaban J connectivity index is 1.11. The van der Waals surface area contributed by atoms with Gasteiger partial charge in [-0.05, 0) is 97.7 Å². The molecule has 4 rings (SSSR count). The zero-order valence-corrected chi connectivity index (χ0v) is 30.9. The normalized spacial score (nSPS) is 32.6. The van der Waals surface area contributed by atoms with Crippen molar-refractivity contribution in [2.45, 2.75) is 118 Å². The highest BCUT2D eigenvalue weighted by molar-refractivity contribution is 7.32. The number of ether oxygens (including phenoxy) is 4. The summed E-state index contributed by atoms with van der Waals surface area (Å²) in [4.78, 5) is 21.1. The van der Waals surface area contributed by atoms with Crippen LogP contribution in [0.1, 0.15) is 112 Å². The number of alkyl carbamates (subject to hydrolysis) is 1. The summed E-state index contributed by atoms with van der Waals surface area (Å²) in [6, 6.07) is 0. The van der Waals surface area contributed by atoms with Gasteiger partial charge in [0.1, 0.15) is 12.7 Å². The summed E-state index contributed by atoms with van der Waals surface area (Å²) in [5, 5.41) is 2.91. The first-order valence-corrected chi connectivity index (χ1v) is 19.8. The fourth-order valence-electron chi connectivity index (χ4n) is 10.0. The quantitative estimate of drug-likeness (QED) is 0.0751. The molecule has 47 heavy (non-hydrogen) atoms. The zero-order chi connectivity index (χ0) is 33.9. The van der Waals surface area contributed by atoms with Crippen LogP contribution in [-0.4, -0.2) is 69.9 Å². The lowest BCUT2D eigenvalue weighted by atomic mass is 9.47. The van der Waals surface area contributed by atoms with Crippen LogP contribution in [0.5, 0.6) is 0 Å². The van der Waals surface area contributed by atoms with Gasteiger partial charge >= 0.3 is 14.3 Å². The van der Waals surface area contributed by atoms with Gasteiger partial charge in [0.25, 0.3) is 0 Å². The third-order valence-electron chi connectivity index (χ3n) is 12.4. The molecule has 0 heterocycles. The summed E-state index contributed by atoms with van der Waals surface area (Å²) in [5.74, 6) is 5.00. The number of carbonyl (C=O) groups is 1. The van der Waals surface area contributed by atoms with Gasteiger partial charge in [0.15, 0.2) is 0 Å². The topological polar surface area (TPSA) is 113 Å². The summed E-state index contributed by atoms with van der Waals surface area (Å²) in [6.07, 6.45) is 16.9. The molecule has 0 saturated heterocycles. The summed E-state index contributed by atoms with van der Waals surface area (Å²) >= 11 is 0. The lowest BCUT2D eigenvalue weighted by molar-refractivity contribution is -0.0581. The zero-order valence-electron chi connectivity index (χ0n) is 30.0. The van der Waals surface area contributed by atoms with E-state index in [2.05, 4.69) is 50.5 Å². The van der Waals surface area contributed by atoms with Gasteiger partial charge in [-0.2, -0.15) is 0 Å². The van der Waals surface area contributed by atoms with Gasteiger partial charge in [-0.3, -0.25) is 0 Å². The molecule has 0 aromatic heterocycles. The van der Waals surface area contributed by atoms with E-state index in [0.717, 1.165) is 54.8 Å². The summed E-state index contributed by atoms with van der Waals surface area (Å²) in [7, 11) is -2.57. The molecule has 270 valence electrons. The average Bonchev–Trinajstić information content (AvgIpc) is 3.38. The predicted molar refractivity (Wildman–Crippen MR) is 184 cm³/mol. The first kappa shape index (κ1) is 38.7. The van der Waals surface area contributed by atoms with Crippen LogP contribution < -0.4 is 5.32 Å². The third-order valence-corrected chi connectivity index (χ3v) is 12.8. The molecule has 0 aliphatic heterocycles. The molecule has 4 aliphatic rings. The fourth-order valence-corrected chi connectivity index (χ4v) is 10.3. The smallest absolute Gasteiger partial charge is 0.446 e. The Hall–Kier alpha value is -1.09. The van der Waals surface area contributed by atoms with Crippen molar-refractivity contribution in [2.24, 2.45) is 46.3 Å². The standard InChI is InChI=1S/C37H64NO8P/c1-27(2)8-6-9-28(3)32-12-13-33-31-11-10-29-26-30(14-16-36(29,4)34(31)15-17-37(32,33)5)46-35(39)38-18-7-19-42-20-21-43-22-23-44-24-25-45-47(40)41/h10,27-28,30-34H,6-9,11-26H2,1-5H3,(H-,38,39,40,41)/p+1/t28?,30-,31?,32+,33?,34?,36-,37+/m0/s1. The molecule has 5 unspecified atom stereocenters. The van der Waals surface area contributed by atoms with Crippen molar-refractivity contribution in [3.8, 4) is 0 Å². The monoisotopic (exact) mass is 682 g/mol. The van der Waals surface area contributed by atoms with E-state index in [1.54, 1.807) is 5.57 Å². The van der Waals surface area contributed by atoms with E-state index in [0.29, 0.717) is 51.4 Å². The molecular weight excluding hydrogens is 617 g/mol. The molecule has 9 nitrogen and oxygen atoms in total. The molecule has 3 fully saturated rings. The molecule has 3 saturated carbocycles. The predicted octanol–water partition coefficient (Wildman–Crippen LogP) is 8.23. The molecule has 9 atom stereocenters. The van der Waals surface area contributed by atoms with E-state index in [4.69, 9.17) is 23.8 Å². The van der Waals surface area contributed by atoms with Crippen LogP contribution >= 0.6 is 8.25 Å². The van der Waals surface area contributed by atoms with Crippen LogP contribution in [-0.2, 0) is 28.0 Å². The first-order chi connectivity index (χ1) is 22.5. The summed E-state index contributed by atoms with van der Waals surface area (Å²) in [6.45, 7) is 15.6. The Morgan fingerprint density at radius 1 is 0.915 bits per heavy atom. The van der Waals surface area contributed by atoms with Crippen molar-refractivity contribution in [3.63, 3.8) is 0 Å². The fraction of sp³-hybridized carbons (Fsp3) is 0.919. The van der Waals surface area contributed by atoms with Crippen molar-refractivity contribution in [3.05, 3.63) is 11.6 Å². The molecule has 0 aromatic rings. The highest BCUT2D eigenvalue weighted by Gasteiger charge is 2.59. The molecule has 4 aliphatic carbocycles. The van der Waals surface area contributed by atoms with E-state index in [9.17, 15) is 9.36 Å². The van der Waals surface area contributed by atoms with Crippen LogP contribution in [0.25, 0.3) is 0 Å². The highest BCUT2D eigenvalue weighted by atomic mass is 31.1. The SMILES string of the molecule is CC(C)CCCC(C)[C@H]1CCC2C3CC=C4C[C@@H](OC(=O)NCCCOCCOCCOCCO[P+](=O)O)CC[C@]4(C)C3CC[C@@]21C. The average molecular weight is 683 g/mol.